The van der Waals surface area contributed by atoms with Crippen molar-refractivity contribution in [2.75, 3.05) is 16.7 Å². The molecule has 7 nitrogen and oxygen atoms in total. The van der Waals surface area contributed by atoms with Crippen LogP contribution >= 0.6 is 0 Å². The molecule has 0 aliphatic heterocycles. The minimum Gasteiger partial charge on any atom is -0.397 e. The van der Waals surface area contributed by atoms with Crippen molar-refractivity contribution >= 4 is 27.1 Å². The predicted octanol–water partition coefficient (Wildman–Crippen LogP) is 0.548. The molecule has 0 aromatic heterocycles. The molecule has 0 saturated heterocycles. The maximum absolute atomic E-state index is 10.9. The second-order valence-corrected chi connectivity index (χ2v) is 4.65. The third-order valence-electron chi connectivity index (χ3n) is 1.54. The second kappa shape index (κ2) is 3.73. The number of hydrogen-bond donors (Lipinski definition) is 2. The van der Waals surface area contributed by atoms with Gasteiger partial charge in [0.2, 0.25) is 10.0 Å². The molecule has 0 fully saturated rings. The fraction of sp³-hybridized carbons (Fsp3) is 0.143. The van der Waals surface area contributed by atoms with Crippen molar-refractivity contribution in [3.63, 3.8) is 0 Å². The lowest BCUT2D eigenvalue weighted by Gasteiger charge is -2.06. The van der Waals surface area contributed by atoms with Crippen LogP contribution in [0.5, 0.6) is 0 Å². The zero-order chi connectivity index (χ0) is 11.6. The Balaban J connectivity index is 3.09. The average Bonchev–Trinajstić information content (AvgIpc) is 2.05. The molecule has 0 spiro atoms. The van der Waals surface area contributed by atoms with Gasteiger partial charge in [0, 0.05) is 12.1 Å². The SMILES string of the molecule is CS(=O)(=O)Nc1ccc([N+](=O)[O-])cc1N. The number of nitrogen functional groups attached to an aromatic ring is 1. The lowest BCUT2D eigenvalue weighted by molar-refractivity contribution is -0.384. The molecule has 0 bridgehead atoms. The van der Waals surface area contributed by atoms with Crippen LogP contribution in [0.1, 0.15) is 0 Å². The van der Waals surface area contributed by atoms with Gasteiger partial charge in [-0.05, 0) is 6.07 Å². The number of hydrogen-bond acceptors (Lipinski definition) is 5. The number of sulfonamides is 1. The molecule has 0 atom stereocenters. The van der Waals surface area contributed by atoms with Gasteiger partial charge in [0.05, 0.1) is 22.6 Å². The zero-order valence-electron chi connectivity index (χ0n) is 7.80. The topological polar surface area (TPSA) is 115 Å². The van der Waals surface area contributed by atoms with Crippen LogP contribution in [0.2, 0.25) is 0 Å². The summed E-state index contributed by atoms with van der Waals surface area (Å²) < 4.78 is 23.9. The quantitative estimate of drug-likeness (QED) is 0.447. The molecule has 8 heteroatoms. The summed E-state index contributed by atoms with van der Waals surface area (Å²) in [6, 6.07) is 3.51. The van der Waals surface area contributed by atoms with Crippen LogP contribution in [-0.2, 0) is 10.0 Å². The van der Waals surface area contributed by atoms with E-state index in [1.54, 1.807) is 0 Å². The van der Waals surface area contributed by atoms with Crippen molar-refractivity contribution in [3.8, 4) is 0 Å². The highest BCUT2D eigenvalue weighted by Gasteiger charge is 2.10. The molecule has 82 valence electrons. The Morgan fingerprint density at radius 1 is 1.47 bits per heavy atom. The van der Waals surface area contributed by atoms with Crippen LogP contribution in [-0.4, -0.2) is 19.6 Å². The molecular weight excluding hydrogens is 222 g/mol. The molecule has 0 saturated carbocycles. The van der Waals surface area contributed by atoms with E-state index in [4.69, 9.17) is 5.73 Å². The van der Waals surface area contributed by atoms with Gasteiger partial charge in [0.1, 0.15) is 0 Å². The van der Waals surface area contributed by atoms with Crippen molar-refractivity contribution in [3.05, 3.63) is 28.3 Å². The first-order chi connectivity index (χ1) is 6.79. The highest BCUT2D eigenvalue weighted by Crippen LogP contribution is 2.24. The van der Waals surface area contributed by atoms with Crippen LogP contribution in [0.3, 0.4) is 0 Å². The third-order valence-corrected chi connectivity index (χ3v) is 2.13. The normalized spacial score (nSPS) is 11.0. The molecular formula is C7H9N3O4S. The highest BCUT2D eigenvalue weighted by atomic mass is 32.2. The van der Waals surface area contributed by atoms with Crippen LogP contribution in [0.15, 0.2) is 18.2 Å². The summed E-state index contributed by atoms with van der Waals surface area (Å²) in [6.45, 7) is 0. The van der Waals surface area contributed by atoms with Crippen LogP contribution < -0.4 is 10.5 Å². The van der Waals surface area contributed by atoms with Crippen molar-refractivity contribution in [1.29, 1.82) is 0 Å². The van der Waals surface area contributed by atoms with Gasteiger partial charge in [-0.3, -0.25) is 14.8 Å². The lowest BCUT2D eigenvalue weighted by atomic mass is 10.2. The Morgan fingerprint density at radius 2 is 2.07 bits per heavy atom. The number of non-ortho nitro benzene ring substituents is 1. The maximum atomic E-state index is 10.9. The van der Waals surface area contributed by atoms with E-state index in [1.165, 1.54) is 12.1 Å². The van der Waals surface area contributed by atoms with E-state index in [0.29, 0.717) is 0 Å². The molecule has 1 aromatic rings. The molecule has 0 amide bonds. The van der Waals surface area contributed by atoms with E-state index in [9.17, 15) is 18.5 Å². The zero-order valence-corrected chi connectivity index (χ0v) is 8.61. The summed E-state index contributed by atoms with van der Waals surface area (Å²) in [4.78, 5) is 9.75. The van der Waals surface area contributed by atoms with E-state index in [1.807, 2.05) is 0 Å². The van der Waals surface area contributed by atoms with Gasteiger partial charge >= 0.3 is 0 Å². The van der Waals surface area contributed by atoms with Gasteiger partial charge in [-0.2, -0.15) is 0 Å². The summed E-state index contributed by atoms with van der Waals surface area (Å²) in [5.74, 6) is 0. The molecule has 3 N–H and O–H groups in total. The molecule has 1 rings (SSSR count). The van der Waals surface area contributed by atoms with E-state index in [2.05, 4.69) is 4.72 Å². The van der Waals surface area contributed by atoms with Gasteiger partial charge in [-0.25, -0.2) is 8.42 Å². The third kappa shape index (κ3) is 3.09. The minimum atomic E-state index is -3.43. The Bertz CT molecular complexity index is 497. The van der Waals surface area contributed by atoms with E-state index in [0.717, 1.165) is 12.3 Å². The predicted molar refractivity (Wildman–Crippen MR) is 56.0 cm³/mol. The molecule has 0 radical (unpaired) electrons. The van der Waals surface area contributed by atoms with Crippen LogP contribution in [0.4, 0.5) is 17.1 Å². The monoisotopic (exact) mass is 231 g/mol. The molecule has 0 unspecified atom stereocenters. The Hall–Kier alpha value is -1.83. The van der Waals surface area contributed by atoms with Gasteiger partial charge in [-0.15, -0.1) is 0 Å². The number of nitrogens with one attached hydrogen (secondary N) is 1. The molecule has 1 aromatic carbocycles. The number of anilines is 2. The lowest BCUT2D eigenvalue weighted by Crippen LogP contribution is -2.11. The molecule has 0 heterocycles. The fourth-order valence-corrected chi connectivity index (χ4v) is 1.54. The van der Waals surface area contributed by atoms with E-state index < -0.39 is 14.9 Å². The Labute approximate surface area is 86.1 Å². The highest BCUT2D eigenvalue weighted by molar-refractivity contribution is 7.92. The number of nitrogens with zero attached hydrogens (tertiary/aromatic N) is 1. The first-order valence-electron chi connectivity index (χ1n) is 3.81. The minimum absolute atomic E-state index is 0.00891. The average molecular weight is 231 g/mol. The molecule has 0 aliphatic rings. The van der Waals surface area contributed by atoms with Crippen molar-refractivity contribution < 1.29 is 13.3 Å². The summed E-state index contributed by atoms with van der Waals surface area (Å²) in [7, 11) is -3.43. The largest absolute Gasteiger partial charge is 0.397 e. The number of nitro benzene ring substituents is 1. The molecule has 0 aliphatic carbocycles. The Morgan fingerprint density at radius 3 is 2.47 bits per heavy atom. The number of rotatable bonds is 3. The maximum Gasteiger partial charge on any atom is 0.271 e. The van der Waals surface area contributed by atoms with Crippen LogP contribution in [0.25, 0.3) is 0 Å². The first kappa shape index (κ1) is 11.2. The van der Waals surface area contributed by atoms with Crippen molar-refractivity contribution in [2.45, 2.75) is 0 Å². The van der Waals surface area contributed by atoms with Crippen molar-refractivity contribution in [2.24, 2.45) is 0 Å². The fourth-order valence-electron chi connectivity index (χ4n) is 0.956. The summed E-state index contributed by atoms with van der Waals surface area (Å²) in [6.07, 6.45) is 0.966. The van der Waals surface area contributed by atoms with Gasteiger partial charge in [0.25, 0.3) is 5.69 Å². The van der Waals surface area contributed by atoms with Gasteiger partial charge in [-0.1, -0.05) is 0 Å². The second-order valence-electron chi connectivity index (χ2n) is 2.90. The standard InChI is InChI=1S/C7H9N3O4S/c1-15(13,14)9-7-3-2-5(10(11)12)4-6(7)8/h2-4,9H,8H2,1H3. The number of benzene rings is 1. The smallest absolute Gasteiger partial charge is 0.271 e. The van der Waals surface area contributed by atoms with Gasteiger partial charge < -0.3 is 5.73 Å². The number of nitro groups is 1. The Kier molecular flexibility index (Phi) is 2.80. The first-order valence-corrected chi connectivity index (χ1v) is 5.70. The van der Waals surface area contributed by atoms with Gasteiger partial charge in [0.15, 0.2) is 0 Å². The summed E-state index contributed by atoms with van der Waals surface area (Å²) in [5, 5.41) is 10.4. The van der Waals surface area contributed by atoms with Crippen LogP contribution in [0, 0.1) is 10.1 Å². The van der Waals surface area contributed by atoms with Crippen molar-refractivity contribution in [1.82, 2.24) is 0 Å². The van der Waals surface area contributed by atoms with E-state index in [-0.39, 0.29) is 17.1 Å². The summed E-state index contributed by atoms with van der Waals surface area (Å²) >= 11 is 0. The number of nitrogens with two attached hydrogens (primary N) is 1. The van der Waals surface area contributed by atoms with E-state index >= 15 is 0 Å². The molecule has 15 heavy (non-hydrogen) atoms. The summed E-state index contributed by atoms with van der Waals surface area (Å²) in [5.41, 5.74) is 5.38.